The van der Waals surface area contributed by atoms with Crippen molar-refractivity contribution in [3.63, 3.8) is 0 Å². The van der Waals surface area contributed by atoms with Gasteiger partial charge in [0.2, 0.25) is 11.8 Å². The van der Waals surface area contributed by atoms with Crippen LogP contribution in [0.25, 0.3) is 0 Å². The highest BCUT2D eigenvalue weighted by Crippen LogP contribution is 2.49. The number of halogens is 1. The van der Waals surface area contributed by atoms with Crippen LogP contribution in [0.15, 0.2) is 48.1 Å². The predicted molar refractivity (Wildman–Crippen MR) is 262 cm³/mol. The molecule has 4 aliphatic rings. The minimum absolute atomic E-state index is 0.0209. The normalized spacial score (nSPS) is 26.4. The van der Waals surface area contributed by atoms with Gasteiger partial charge in [-0.05, 0) is 38.0 Å². The monoisotopic (exact) mass is 1050 g/mol. The molecular weight excluding hydrogens is 980 g/mol. The number of benzene rings is 1. The van der Waals surface area contributed by atoms with Crippen LogP contribution < -0.4 is 20.3 Å². The zero-order valence-electron chi connectivity index (χ0n) is 42.5. The second kappa shape index (κ2) is 29.2. The van der Waals surface area contributed by atoms with Gasteiger partial charge in [0.25, 0.3) is 11.8 Å². The molecule has 0 aromatic heterocycles. The van der Waals surface area contributed by atoms with Gasteiger partial charge in [0.1, 0.15) is 34.7 Å². The van der Waals surface area contributed by atoms with Crippen LogP contribution in [0.1, 0.15) is 52.0 Å². The third kappa shape index (κ3) is 17.8. The summed E-state index contributed by atoms with van der Waals surface area (Å²) in [6.07, 6.45) is 3.27. The van der Waals surface area contributed by atoms with E-state index < -0.39 is 71.4 Å². The van der Waals surface area contributed by atoms with E-state index in [1.807, 2.05) is 13.0 Å². The average molecular weight is 1050 g/mol. The summed E-state index contributed by atoms with van der Waals surface area (Å²) < 4.78 is 62.3. The van der Waals surface area contributed by atoms with E-state index in [-0.39, 0.29) is 69.6 Å². The fraction of sp³-hybridized carbons (Fsp3) is 0.640. The second-order valence-corrected chi connectivity index (χ2v) is 18.3. The number of aliphatic hydroxyl groups is 1. The predicted octanol–water partition coefficient (Wildman–Crippen LogP) is 2.59. The van der Waals surface area contributed by atoms with Crippen LogP contribution in [0.2, 0.25) is 5.02 Å². The van der Waals surface area contributed by atoms with Gasteiger partial charge in [0, 0.05) is 58.2 Å². The number of imide groups is 1. The van der Waals surface area contributed by atoms with Crippen molar-refractivity contribution in [2.45, 2.75) is 88.6 Å². The van der Waals surface area contributed by atoms with Crippen molar-refractivity contribution in [2.24, 2.45) is 5.92 Å². The lowest BCUT2D eigenvalue weighted by Gasteiger charge is -2.42. The number of epoxide rings is 1. The van der Waals surface area contributed by atoms with Gasteiger partial charge in [-0.1, -0.05) is 42.3 Å². The Kier molecular flexibility index (Phi) is 23.5. The summed E-state index contributed by atoms with van der Waals surface area (Å²) in [5, 5.41) is 17.2. The van der Waals surface area contributed by atoms with Crippen LogP contribution in [0.3, 0.4) is 0 Å². The average Bonchev–Trinajstić information content (AvgIpc) is 3.95. The van der Waals surface area contributed by atoms with Gasteiger partial charge in [0.05, 0.1) is 111 Å². The third-order valence-corrected chi connectivity index (χ3v) is 12.9. The quantitative estimate of drug-likeness (QED) is 0.0495. The van der Waals surface area contributed by atoms with E-state index in [1.54, 1.807) is 45.2 Å². The van der Waals surface area contributed by atoms with Crippen LogP contribution in [-0.2, 0) is 77.8 Å². The number of alkyl carbamates (subject to hydrolysis) is 1. The molecule has 5 amide bonds. The standard InChI is InChI=1S/C50H71ClN4O18/c1-33-8-7-9-39(64-6)50(62)32-38(71-48(61)53-50)34(2)47-49(3,73-47)40(31-44(59)54(4)36-29-35(28-33)30-37(63-5)46(36)51)72-45(60)13-16-65-18-20-67-22-24-69-26-27-70-25-23-68-21-19-66-17-14-52-41(56)12-15-55-42(57)10-11-43(55)58/h7-11,29-30,34,38-40,47,62H,12-28,31-32H2,1-6H3,(H,52,56)(H,53,61)/b9-7+,33-8+/t34-,38+,39-,40+,47+,49+,50+/m1/s1. The number of fused-ring (bicyclic) bond motifs is 5. The van der Waals surface area contributed by atoms with E-state index in [0.29, 0.717) is 77.3 Å². The Labute approximate surface area is 430 Å². The molecule has 2 fully saturated rings. The first-order valence-corrected chi connectivity index (χ1v) is 24.7. The van der Waals surface area contributed by atoms with E-state index in [4.69, 9.17) is 63.7 Å². The highest BCUT2D eigenvalue weighted by atomic mass is 35.5. The number of nitrogens with zero attached hydrogens (tertiary/aromatic N) is 2. The molecule has 5 rings (SSSR count). The topological polar surface area (TPSA) is 258 Å². The molecule has 0 unspecified atom stereocenters. The van der Waals surface area contributed by atoms with E-state index in [1.165, 1.54) is 31.3 Å². The zero-order chi connectivity index (χ0) is 53.0. The molecular formula is C50H71ClN4O18. The SMILES string of the molecule is COc1cc2cc(c1Cl)N(C)C(=O)C[C@H](OC(=O)CCOCCOCCOCCOCCOCCOCCNC(=O)CCN1C(=O)C=CC1=O)[C@]1(C)O[C@H]1[C@H](C)[C@@H]1C[C@@](O)(NC(=O)O1)[C@H](OC)/C=C/C=C(\C)C2. The molecule has 0 radical (unpaired) electrons. The number of anilines is 1. The molecule has 4 aliphatic heterocycles. The molecule has 0 saturated carbocycles. The maximum Gasteiger partial charge on any atom is 0.409 e. The Balaban J connectivity index is 0.984. The van der Waals surface area contributed by atoms with Gasteiger partial charge in [-0.25, -0.2) is 4.79 Å². The van der Waals surface area contributed by atoms with E-state index in [9.17, 15) is 33.9 Å². The second-order valence-electron chi connectivity index (χ2n) is 18.0. The summed E-state index contributed by atoms with van der Waals surface area (Å²) in [6.45, 7) is 9.37. The number of esters is 1. The summed E-state index contributed by atoms with van der Waals surface area (Å²) in [5.41, 5.74) is -0.891. The number of hydrogen-bond acceptors (Lipinski definition) is 18. The lowest BCUT2D eigenvalue weighted by molar-refractivity contribution is -0.155. The molecule has 1 aromatic carbocycles. The molecule has 4 bridgehead atoms. The first-order valence-electron chi connectivity index (χ1n) is 24.3. The number of amides is 5. The first kappa shape index (κ1) is 58.9. The zero-order valence-corrected chi connectivity index (χ0v) is 43.3. The van der Waals surface area contributed by atoms with E-state index in [0.717, 1.165) is 16.0 Å². The summed E-state index contributed by atoms with van der Waals surface area (Å²) in [6, 6.07) is 3.59. The number of methoxy groups -OCH3 is 2. The van der Waals surface area contributed by atoms with Gasteiger partial charge < -0.3 is 67.4 Å². The fourth-order valence-corrected chi connectivity index (χ4v) is 8.71. The van der Waals surface area contributed by atoms with E-state index in [2.05, 4.69) is 10.6 Å². The van der Waals surface area contributed by atoms with Gasteiger partial charge in [-0.15, -0.1) is 0 Å². The van der Waals surface area contributed by atoms with Crippen LogP contribution in [-0.4, -0.2) is 195 Å². The number of carbonyl (C=O) groups is 6. The van der Waals surface area contributed by atoms with Crippen LogP contribution in [0.5, 0.6) is 5.75 Å². The Morgan fingerprint density at radius 3 is 2.05 bits per heavy atom. The van der Waals surface area contributed by atoms with Gasteiger partial charge >= 0.3 is 12.1 Å². The summed E-state index contributed by atoms with van der Waals surface area (Å²) in [5.74, 6) is -2.31. The minimum Gasteiger partial charge on any atom is -0.495 e. The van der Waals surface area contributed by atoms with Crippen molar-refractivity contribution < 1.29 is 86.0 Å². The molecule has 1 aromatic rings. The minimum atomic E-state index is -1.83. The molecule has 2 saturated heterocycles. The van der Waals surface area contributed by atoms with Crippen molar-refractivity contribution in [3.8, 4) is 5.75 Å². The van der Waals surface area contributed by atoms with Crippen LogP contribution in [0.4, 0.5) is 10.5 Å². The highest BCUT2D eigenvalue weighted by molar-refractivity contribution is 6.35. The summed E-state index contributed by atoms with van der Waals surface area (Å²) in [4.78, 5) is 77.8. The first-order chi connectivity index (χ1) is 35.0. The third-order valence-electron chi connectivity index (χ3n) is 12.6. The lowest BCUT2D eigenvalue weighted by Crippen LogP contribution is -2.63. The fourth-order valence-electron chi connectivity index (χ4n) is 8.40. The van der Waals surface area contributed by atoms with Crippen molar-refractivity contribution in [1.29, 1.82) is 0 Å². The van der Waals surface area contributed by atoms with Crippen molar-refractivity contribution in [3.05, 3.63) is 58.7 Å². The molecule has 0 spiro atoms. The largest absolute Gasteiger partial charge is 0.495 e. The maximum absolute atomic E-state index is 14.1. The van der Waals surface area contributed by atoms with Gasteiger partial charge in [0.15, 0.2) is 5.72 Å². The van der Waals surface area contributed by atoms with E-state index >= 15 is 0 Å². The van der Waals surface area contributed by atoms with Crippen molar-refractivity contribution in [1.82, 2.24) is 15.5 Å². The van der Waals surface area contributed by atoms with Crippen molar-refractivity contribution in [2.75, 3.05) is 119 Å². The number of ether oxygens (including phenoxy) is 11. The highest BCUT2D eigenvalue weighted by Gasteiger charge is 2.64. The smallest absolute Gasteiger partial charge is 0.409 e. The Morgan fingerprint density at radius 2 is 1.47 bits per heavy atom. The molecule has 4 heterocycles. The number of allylic oxidation sites excluding steroid dienone is 3. The molecule has 406 valence electrons. The number of nitrogens with one attached hydrogen (secondary N) is 2. The Morgan fingerprint density at radius 1 is 0.877 bits per heavy atom. The number of carbonyl (C=O) groups excluding carboxylic acids is 6. The molecule has 7 atom stereocenters. The molecule has 73 heavy (non-hydrogen) atoms. The van der Waals surface area contributed by atoms with Crippen molar-refractivity contribution >= 4 is 53.0 Å². The Bertz CT molecular complexity index is 2120. The summed E-state index contributed by atoms with van der Waals surface area (Å²) in [7, 11) is 4.50. The van der Waals surface area contributed by atoms with Crippen LogP contribution >= 0.6 is 11.6 Å². The maximum atomic E-state index is 14.1. The lowest BCUT2D eigenvalue weighted by atomic mass is 9.83. The number of hydrogen-bond donors (Lipinski definition) is 3. The van der Waals surface area contributed by atoms with Crippen LogP contribution in [0, 0.1) is 5.92 Å². The van der Waals surface area contributed by atoms with Gasteiger partial charge in [-0.2, -0.15) is 0 Å². The summed E-state index contributed by atoms with van der Waals surface area (Å²) >= 11 is 6.78. The Hall–Kier alpha value is -5.01. The molecule has 3 N–H and O–H groups in total. The molecule has 22 nitrogen and oxygen atoms in total. The molecule has 23 heteroatoms. The van der Waals surface area contributed by atoms with Gasteiger partial charge in [-0.3, -0.25) is 34.2 Å². The number of rotatable bonds is 27. The molecule has 0 aliphatic carbocycles.